The fourth-order valence-corrected chi connectivity index (χ4v) is 3.65. The van der Waals surface area contributed by atoms with Gasteiger partial charge in [-0.3, -0.25) is 0 Å². The molecule has 0 aromatic heterocycles. The van der Waals surface area contributed by atoms with Crippen LogP contribution in [0.5, 0.6) is 0 Å². The van der Waals surface area contributed by atoms with Gasteiger partial charge in [-0.15, -0.1) is 0 Å². The van der Waals surface area contributed by atoms with Gasteiger partial charge in [-0.2, -0.15) is 0 Å². The van der Waals surface area contributed by atoms with Crippen LogP contribution in [0.3, 0.4) is 0 Å². The number of halogens is 1. The summed E-state index contributed by atoms with van der Waals surface area (Å²) in [6.45, 7) is 14.1. The molecule has 1 aromatic rings. The number of nitrogens with two attached hydrogens (primary N) is 1. The first-order valence-corrected chi connectivity index (χ1v) is 12.2. The first kappa shape index (κ1) is 29.6. The number of carbonyl (C=O) groups is 1. The van der Waals surface area contributed by atoms with E-state index in [1.165, 1.54) is 0 Å². The molecule has 5 N–H and O–H groups in total. The van der Waals surface area contributed by atoms with Crippen molar-refractivity contribution in [3.8, 4) is 0 Å². The zero-order chi connectivity index (χ0) is 24.2. The van der Waals surface area contributed by atoms with E-state index in [-0.39, 0.29) is 29.4 Å². The first-order chi connectivity index (χ1) is 14.2. The van der Waals surface area contributed by atoms with Gasteiger partial charge in [0.15, 0.2) is 0 Å². The van der Waals surface area contributed by atoms with E-state index < -0.39 is 21.7 Å². The van der Waals surface area contributed by atoms with E-state index in [0.29, 0.717) is 12.5 Å². The van der Waals surface area contributed by atoms with E-state index in [1.807, 2.05) is 48.5 Å². The van der Waals surface area contributed by atoms with Crippen LogP contribution < -0.4 is 20.6 Å². The maximum atomic E-state index is 11.9. The monoisotopic (exact) mass is 478 g/mol. The third kappa shape index (κ3) is 12.9. The highest BCUT2D eigenvalue weighted by atomic mass is 35.5. The molecule has 0 aliphatic heterocycles. The molecule has 0 bridgehead atoms. The van der Waals surface area contributed by atoms with Crippen LogP contribution in [0.25, 0.3) is 0 Å². The van der Waals surface area contributed by atoms with Gasteiger partial charge in [0.2, 0.25) is 10.0 Å². The van der Waals surface area contributed by atoms with E-state index in [9.17, 15) is 13.2 Å². The van der Waals surface area contributed by atoms with Crippen molar-refractivity contribution in [1.82, 2.24) is 14.9 Å². The molecule has 0 saturated heterocycles. The van der Waals surface area contributed by atoms with Gasteiger partial charge in [-0.1, -0.05) is 45.9 Å². The molecule has 10 heteroatoms. The fourth-order valence-electron chi connectivity index (χ4n) is 2.24. The molecule has 0 saturated carbocycles. The number of alkyl carbamates (subject to hydrolysis) is 1. The Morgan fingerprint density at radius 1 is 1.06 bits per heavy atom. The molecule has 1 amide bonds. The minimum Gasteiger partial charge on any atom is -0.444 e. The van der Waals surface area contributed by atoms with Gasteiger partial charge in [0.25, 0.3) is 0 Å². The highest BCUT2D eigenvalue weighted by molar-refractivity contribution is 7.89. The van der Waals surface area contributed by atoms with Crippen molar-refractivity contribution in [2.24, 2.45) is 17.6 Å². The summed E-state index contributed by atoms with van der Waals surface area (Å²) in [5.74, 6) is 0.554. The summed E-state index contributed by atoms with van der Waals surface area (Å²) >= 11 is 5.55. The SMILES string of the molecule is CC(C)[C@@H](CN)NC(=O)OC(C)(C)C.CC(C)[C@@H](CNS(=O)(=O)c1ccccc1)NCl. The summed E-state index contributed by atoms with van der Waals surface area (Å²) in [7, 11) is -3.45. The van der Waals surface area contributed by atoms with Gasteiger partial charge in [-0.25, -0.2) is 22.8 Å². The number of rotatable bonds is 9. The van der Waals surface area contributed by atoms with Crippen LogP contribution in [0.2, 0.25) is 0 Å². The van der Waals surface area contributed by atoms with Crippen molar-refractivity contribution in [3.63, 3.8) is 0 Å². The smallest absolute Gasteiger partial charge is 0.407 e. The number of nitrogens with one attached hydrogen (secondary N) is 3. The standard InChI is InChI=1S/C11H17ClN2O2S.C10H22N2O2/c1-9(2)11(14-12)8-13-17(15,16)10-6-4-3-5-7-10;1-7(2)8(6-11)12-9(13)14-10(3,4)5/h3-7,9,11,13-14H,8H2,1-2H3;7-8H,6,11H2,1-5H3,(H,12,13)/t11-;8-/m11/s1. The molecule has 31 heavy (non-hydrogen) atoms. The van der Waals surface area contributed by atoms with Crippen LogP contribution in [0, 0.1) is 11.8 Å². The number of carbonyl (C=O) groups excluding carboxylic acids is 1. The number of ether oxygens (including phenoxy) is 1. The van der Waals surface area contributed by atoms with E-state index in [2.05, 4.69) is 14.9 Å². The van der Waals surface area contributed by atoms with Crippen molar-refractivity contribution in [2.75, 3.05) is 13.1 Å². The molecule has 0 aliphatic rings. The summed E-state index contributed by atoms with van der Waals surface area (Å²) in [6.07, 6.45) is -0.401. The average Bonchev–Trinajstić information content (AvgIpc) is 2.66. The average molecular weight is 479 g/mol. The molecule has 180 valence electrons. The molecule has 0 fully saturated rings. The van der Waals surface area contributed by atoms with Gasteiger partial charge < -0.3 is 15.8 Å². The largest absolute Gasteiger partial charge is 0.444 e. The van der Waals surface area contributed by atoms with Crippen LogP contribution in [-0.4, -0.2) is 45.3 Å². The lowest BCUT2D eigenvalue weighted by atomic mass is 10.1. The topological polar surface area (TPSA) is 123 Å². The number of hydrogen-bond donors (Lipinski definition) is 4. The first-order valence-electron chi connectivity index (χ1n) is 10.3. The highest BCUT2D eigenvalue weighted by Crippen LogP contribution is 2.09. The van der Waals surface area contributed by atoms with E-state index in [0.717, 1.165) is 0 Å². The van der Waals surface area contributed by atoms with Gasteiger partial charge in [0.05, 0.1) is 4.90 Å². The van der Waals surface area contributed by atoms with E-state index in [1.54, 1.807) is 30.3 Å². The lowest BCUT2D eigenvalue weighted by Gasteiger charge is -2.24. The Morgan fingerprint density at radius 3 is 1.97 bits per heavy atom. The summed E-state index contributed by atoms with van der Waals surface area (Å²) in [5.41, 5.74) is 5.06. The quantitative estimate of drug-likeness (QED) is 0.404. The van der Waals surface area contributed by atoms with Crippen molar-refractivity contribution in [1.29, 1.82) is 0 Å². The zero-order valence-electron chi connectivity index (χ0n) is 19.6. The number of sulfonamides is 1. The van der Waals surface area contributed by atoms with Crippen molar-refractivity contribution < 1.29 is 17.9 Å². The second-order valence-electron chi connectivity index (χ2n) is 8.86. The molecule has 0 spiro atoms. The molecule has 0 aliphatic carbocycles. The number of benzene rings is 1. The van der Waals surface area contributed by atoms with Gasteiger partial charge in [-0.05, 0) is 56.5 Å². The molecular weight excluding hydrogens is 440 g/mol. The molecule has 8 nitrogen and oxygen atoms in total. The summed E-state index contributed by atoms with van der Waals surface area (Å²) in [6, 6.07) is 8.14. The molecule has 2 atom stereocenters. The third-order valence-electron chi connectivity index (χ3n) is 4.25. The molecule has 0 heterocycles. The Morgan fingerprint density at radius 2 is 1.58 bits per heavy atom. The summed E-state index contributed by atoms with van der Waals surface area (Å²) < 4.78 is 31.4. The number of amides is 1. The van der Waals surface area contributed by atoms with E-state index >= 15 is 0 Å². The molecule has 0 unspecified atom stereocenters. The fraction of sp³-hybridized carbons (Fsp3) is 0.667. The molecule has 1 rings (SSSR count). The van der Waals surface area contributed by atoms with Gasteiger partial charge in [0, 0.05) is 25.2 Å². The Labute approximate surface area is 192 Å². The van der Waals surface area contributed by atoms with Crippen molar-refractivity contribution in [2.45, 2.75) is 71.0 Å². The predicted molar refractivity (Wildman–Crippen MR) is 126 cm³/mol. The van der Waals surface area contributed by atoms with Gasteiger partial charge in [0.1, 0.15) is 5.60 Å². The lowest BCUT2D eigenvalue weighted by Crippen LogP contribution is -2.45. The maximum absolute atomic E-state index is 11.9. The second kappa shape index (κ2) is 13.9. The normalized spacial score (nSPS) is 13.9. The van der Waals surface area contributed by atoms with E-state index in [4.69, 9.17) is 22.2 Å². The molecular formula is C21H39ClN4O4S. The van der Waals surface area contributed by atoms with Crippen molar-refractivity contribution in [3.05, 3.63) is 30.3 Å². The van der Waals surface area contributed by atoms with Gasteiger partial charge >= 0.3 is 6.09 Å². The Balaban J connectivity index is 0.000000594. The van der Waals surface area contributed by atoms with Crippen LogP contribution in [0.15, 0.2) is 35.2 Å². The van der Waals surface area contributed by atoms with Crippen LogP contribution in [0.4, 0.5) is 4.79 Å². The summed E-state index contributed by atoms with van der Waals surface area (Å²) in [5, 5.41) is 2.74. The van der Waals surface area contributed by atoms with Crippen LogP contribution >= 0.6 is 11.8 Å². The zero-order valence-corrected chi connectivity index (χ0v) is 21.2. The minimum atomic E-state index is -3.45. The third-order valence-corrected chi connectivity index (χ3v) is 5.97. The maximum Gasteiger partial charge on any atom is 0.407 e. The molecule has 0 radical (unpaired) electrons. The lowest BCUT2D eigenvalue weighted by molar-refractivity contribution is 0.0493. The Kier molecular flexibility index (Phi) is 13.3. The van der Waals surface area contributed by atoms with Crippen molar-refractivity contribution >= 4 is 27.9 Å². The predicted octanol–water partition coefficient (Wildman–Crippen LogP) is 3.23. The minimum absolute atomic E-state index is 0.0233. The Hall–Kier alpha value is -1.39. The highest BCUT2D eigenvalue weighted by Gasteiger charge is 2.20. The number of hydrogen-bond acceptors (Lipinski definition) is 6. The van der Waals surface area contributed by atoms with Crippen LogP contribution in [-0.2, 0) is 14.8 Å². The Bertz CT molecular complexity index is 737. The molecule has 1 aromatic carbocycles. The van der Waals surface area contributed by atoms with Crippen LogP contribution in [0.1, 0.15) is 48.5 Å². The second-order valence-corrected chi connectivity index (χ2v) is 10.8. The summed E-state index contributed by atoms with van der Waals surface area (Å²) in [4.78, 5) is 14.2.